The van der Waals surface area contributed by atoms with Gasteiger partial charge in [0.15, 0.2) is 0 Å². The molecular formula is C29H33N3O4. The fourth-order valence-corrected chi connectivity index (χ4v) is 3.93. The summed E-state index contributed by atoms with van der Waals surface area (Å²) in [7, 11) is 0. The fraction of sp³-hybridized carbons (Fsp3) is 0.310. The van der Waals surface area contributed by atoms with Crippen molar-refractivity contribution in [2.45, 2.75) is 59.8 Å². The predicted octanol–water partition coefficient (Wildman–Crippen LogP) is 6.80. The normalized spacial score (nSPS) is 12.0. The smallest absolute Gasteiger partial charge is 0.318 e. The van der Waals surface area contributed by atoms with E-state index in [9.17, 15) is 9.59 Å². The van der Waals surface area contributed by atoms with E-state index < -0.39 is 11.9 Å². The molecule has 2 aromatic carbocycles. The molecular weight excluding hydrogens is 454 g/mol. The Morgan fingerprint density at radius 1 is 0.944 bits per heavy atom. The van der Waals surface area contributed by atoms with Gasteiger partial charge in [0.2, 0.25) is 0 Å². The zero-order chi connectivity index (χ0) is 26.1. The van der Waals surface area contributed by atoms with Crippen LogP contribution in [0.4, 0.5) is 0 Å². The van der Waals surface area contributed by atoms with E-state index in [-0.39, 0.29) is 0 Å². The highest BCUT2D eigenvalue weighted by molar-refractivity contribution is 6.11. The van der Waals surface area contributed by atoms with Gasteiger partial charge in [-0.2, -0.15) is 0 Å². The van der Waals surface area contributed by atoms with E-state index in [0.29, 0.717) is 12.1 Å². The van der Waals surface area contributed by atoms with Crippen LogP contribution in [0.5, 0.6) is 0 Å². The summed E-state index contributed by atoms with van der Waals surface area (Å²) in [6.07, 6.45) is 8.88. The molecule has 188 valence electrons. The van der Waals surface area contributed by atoms with Crippen LogP contribution >= 0.6 is 0 Å². The molecule has 0 fully saturated rings. The van der Waals surface area contributed by atoms with Crippen molar-refractivity contribution in [3.63, 3.8) is 0 Å². The molecule has 0 saturated carbocycles. The number of carbonyl (C=O) groups excluding carboxylic acids is 2. The molecule has 0 aliphatic heterocycles. The Morgan fingerprint density at radius 3 is 2.28 bits per heavy atom. The maximum atomic E-state index is 11.5. The summed E-state index contributed by atoms with van der Waals surface area (Å²) in [6.45, 7) is 10.5. The van der Waals surface area contributed by atoms with E-state index >= 15 is 0 Å². The van der Waals surface area contributed by atoms with E-state index in [1.54, 1.807) is 6.92 Å². The van der Waals surface area contributed by atoms with Gasteiger partial charge in [-0.1, -0.05) is 67.4 Å². The molecule has 1 heterocycles. The molecule has 0 bridgehead atoms. The Morgan fingerprint density at radius 2 is 1.64 bits per heavy atom. The number of benzene rings is 2. The second kappa shape index (κ2) is 12.6. The Bertz CT molecular complexity index is 1300. The highest BCUT2D eigenvalue weighted by Crippen LogP contribution is 2.29. The molecule has 0 aliphatic carbocycles. The highest BCUT2D eigenvalue weighted by Gasteiger charge is 2.16. The second-order valence-electron chi connectivity index (χ2n) is 8.63. The fourth-order valence-electron chi connectivity index (χ4n) is 3.93. The van der Waals surface area contributed by atoms with Crippen molar-refractivity contribution >= 4 is 40.3 Å². The first kappa shape index (κ1) is 26.6. The molecule has 7 heteroatoms. The lowest BCUT2D eigenvalue weighted by atomic mass is 10.0. The third-order valence-electron chi connectivity index (χ3n) is 5.80. The van der Waals surface area contributed by atoms with E-state index in [0.717, 1.165) is 64.7 Å². The van der Waals surface area contributed by atoms with Gasteiger partial charge in [0, 0.05) is 36.7 Å². The summed E-state index contributed by atoms with van der Waals surface area (Å²) < 4.78 is 2.09. The number of unbranched alkanes of at least 4 members (excludes halogenated alkanes) is 3. The number of hydrogen-bond acceptors (Lipinski definition) is 6. The van der Waals surface area contributed by atoms with Gasteiger partial charge in [0.05, 0.1) is 16.9 Å². The zero-order valence-electron chi connectivity index (χ0n) is 21.4. The Kier molecular flexibility index (Phi) is 9.33. The summed E-state index contributed by atoms with van der Waals surface area (Å²) in [5, 5.41) is 9.11. The van der Waals surface area contributed by atoms with Crippen LogP contribution in [0.3, 0.4) is 0 Å². The van der Waals surface area contributed by atoms with Crippen LogP contribution in [0.1, 0.15) is 76.5 Å². The summed E-state index contributed by atoms with van der Waals surface area (Å²) in [4.78, 5) is 32.4. The van der Waals surface area contributed by atoms with E-state index in [1.807, 2.05) is 42.6 Å². The molecule has 0 aliphatic rings. The lowest BCUT2D eigenvalue weighted by Gasteiger charge is -2.07. The second-order valence-corrected chi connectivity index (χ2v) is 8.63. The van der Waals surface area contributed by atoms with Gasteiger partial charge < -0.3 is 14.2 Å². The number of oxime groups is 2. The molecule has 7 nitrogen and oxygen atoms in total. The lowest BCUT2D eigenvalue weighted by Crippen LogP contribution is -2.04. The van der Waals surface area contributed by atoms with Gasteiger partial charge in [-0.3, -0.25) is 0 Å². The molecule has 36 heavy (non-hydrogen) atoms. The highest BCUT2D eigenvalue weighted by atomic mass is 16.7. The lowest BCUT2D eigenvalue weighted by molar-refractivity contribution is -0.141. The van der Waals surface area contributed by atoms with Crippen molar-refractivity contribution in [1.82, 2.24) is 4.57 Å². The molecule has 0 saturated heterocycles. The molecule has 0 amide bonds. The summed E-state index contributed by atoms with van der Waals surface area (Å²) in [5.74, 6) is -0.907. The van der Waals surface area contributed by atoms with E-state index in [2.05, 4.69) is 40.5 Å². The molecule has 0 radical (unpaired) electrons. The number of carbonyl (C=O) groups is 2. The Hall–Kier alpha value is -4.00. The van der Waals surface area contributed by atoms with Gasteiger partial charge >= 0.3 is 11.9 Å². The van der Waals surface area contributed by atoms with Gasteiger partial charge in [0.25, 0.3) is 0 Å². The number of nitrogens with zero attached hydrogens (tertiary/aromatic N) is 3. The van der Waals surface area contributed by atoms with Crippen molar-refractivity contribution in [2.24, 2.45) is 10.3 Å². The van der Waals surface area contributed by atoms with Crippen molar-refractivity contribution in [1.29, 1.82) is 0 Å². The Balaban J connectivity index is 2.07. The first-order chi connectivity index (χ1) is 17.3. The largest absolute Gasteiger partial charge is 0.331 e. The van der Waals surface area contributed by atoms with Crippen LogP contribution in [0.25, 0.3) is 22.7 Å². The minimum absolute atomic E-state index is 0.446. The van der Waals surface area contributed by atoms with E-state index in [4.69, 9.17) is 9.68 Å². The molecule has 3 aromatic rings. The van der Waals surface area contributed by atoms with Crippen molar-refractivity contribution in [2.75, 3.05) is 0 Å². The zero-order valence-corrected chi connectivity index (χ0v) is 21.4. The SMILES string of the molecule is C=Cc1ccc2c(c1)c(/C(CCCCCC)=N/OC(C)=O)cn2-c1ccc(/C(C)=N/OC(C)=O)cc1. The first-order valence-corrected chi connectivity index (χ1v) is 12.2. The number of fused-ring (bicyclic) bond motifs is 1. The van der Waals surface area contributed by atoms with Crippen LogP contribution < -0.4 is 0 Å². The first-order valence-electron chi connectivity index (χ1n) is 12.2. The average Bonchev–Trinajstić information content (AvgIpc) is 3.25. The molecule has 3 rings (SSSR count). The molecule has 0 N–H and O–H groups in total. The van der Waals surface area contributed by atoms with Gasteiger partial charge in [-0.05, 0) is 55.2 Å². The van der Waals surface area contributed by atoms with Crippen LogP contribution in [0.2, 0.25) is 0 Å². The Labute approximate surface area is 212 Å². The third kappa shape index (κ3) is 6.78. The van der Waals surface area contributed by atoms with Crippen LogP contribution in [0.15, 0.2) is 65.6 Å². The third-order valence-corrected chi connectivity index (χ3v) is 5.80. The van der Waals surface area contributed by atoms with Gasteiger partial charge in [-0.15, -0.1) is 0 Å². The number of rotatable bonds is 11. The summed E-state index contributed by atoms with van der Waals surface area (Å²) in [6, 6.07) is 14.0. The maximum absolute atomic E-state index is 11.5. The quantitative estimate of drug-likeness (QED) is 0.129. The molecule has 0 spiro atoms. The predicted molar refractivity (Wildman–Crippen MR) is 144 cm³/mol. The number of aromatic nitrogens is 1. The maximum Gasteiger partial charge on any atom is 0.331 e. The molecule has 1 aromatic heterocycles. The minimum atomic E-state index is -0.461. The molecule has 0 unspecified atom stereocenters. The average molecular weight is 488 g/mol. The van der Waals surface area contributed by atoms with Gasteiger partial charge in [0.1, 0.15) is 0 Å². The van der Waals surface area contributed by atoms with Crippen LogP contribution in [-0.4, -0.2) is 27.9 Å². The van der Waals surface area contributed by atoms with Crippen molar-refractivity contribution < 1.29 is 19.3 Å². The summed E-state index contributed by atoms with van der Waals surface area (Å²) in [5.41, 5.74) is 6.05. The van der Waals surface area contributed by atoms with Crippen molar-refractivity contribution in [3.8, 4) is 5.69 Å². The number of hydrogen-bond donors (Lipinski definition) is 0. The minimum Gasteiger partial charge on any atom is -0.318 e. The monoisotopic (exact) mass is 487 g/mol. The van der Waals surface area contributed by atoms with E-state index in [1.165, 1.54) is 13.8 Å². The van der Waals surface area contributed by atoms with Crippen LogP contribution in [0, 0.1) is 0 Å². The topological polar surface area (TPSA) is 82.2 Å². The van der Waals surface area contributed by atoms with Crippen molar-refractivity contribution in [3.05, 3.63) is 71.9 Å². The van der Waals surface area contributed by atoms with Crippen LogP contribution in [-0.2, 0) is 19.3 Å². The van der Waals surface area contributed by atoms with Gasteiger partial charge in [-0.25, -0.2) is 9.59 Å². The standard InChI is InChI=1S/C29H33N3O4/c1-6-8-9-10-11-28(31-36-22(5)34)27-19-32(29-17-12-23(7-2)18-26(27)29)25-15-13-24(14-16-25)20(3)30-35-21(4)33/h7,12-19H,2,6,8-11H2,1,3-5H3/b30-20+,31-28+. The molecule has 0 atom stereocenters. The summed E-state index contributed by atoms with van der Waals surface area (Å²) >= 11 is 0.